The van der Waals surface area contributed by atoms with Gasteiger partial charge in [-0.2, -0.15) is 4.31 Å². The predicted octanol–water partition coefficient (Wildman–Crippen LogP) is 4.17. The van der Waals surface area contributed by atoms with Crippen molar-refractivity contribution in [3.8, 4) is 0 Å². The first-order valence-electron chi connectivity index (χ1n) is 10.1. The summed E-state index contributed by atoms with van der Waals surface area (Å²) in [5.41, 5.74) is 0. The quantitative estimate of drug-likeness (QED) is 0.506. The molecule has 0 bridgehead atoms. The average Bonchev–Trinajstić information content (AvgIpc) is 3.10. The van der Waals surface area contributed by atoms with Crippen molar-refractivity contribution in [1.82, 2.24) is 4.31 Å². The van der Waals surface area contributed by atoms with Crippen LogP contribution in [0, 0.1) is 0 Å². The minimum Gasteiger partial charge on any atom is -0.468 e. The van der Waals surface area contributed by atoms with Gasteiger partial charge in [0.1, 0.15) is 6.04 Å². The third-order valence-electron chi connectivity index (χ3n) is 6.29. The van der Waals surface area contributed by atoms with Crippen molar-refractivity contribution in [3.63, 3.8) is 0 Å². The van der Waals surface area contributed by atoms with E-state index >= 15 is 0 Å². The number of hydrogen-bond acceptors (Lipinski definition) is 5. The SMILES string of the molecule is COC(=O)[C@@H]1C[C@@H](O[Si](C)(C)C(C)(C)C)CN1S(=O)(=O)c1ccc2ccccc2c1. The van der Waals surface area contributed by atoms with Gasteiger partial charge >= 0.3 is 5.97 Å². The molecule has 8 heteroatoms. The maximum atomic E-state index is 13.5. The molecule has 3 rings (SSSR count). The first-order valence-corrected chi connectivity index (χ1v) is 14.5. The van der Waals surface area contributed by atoms with Gasteiger partial charge < -0.3 is 9.16 Å². The Morgan fingerprint density at radius 2 is 1.73 bits per heavy atom. The van der Waals surface area contributed by atoms with Gasteiger partial charge in [0.05, 0.1) is 18.1 Å². The summed E-state index contributed by atoms with van der Waals surface area (Å²) in [6, 6.07) is 11.7. The van der Waals surface area contributed by atoms with Gasteiger partial charge in [-0.25, -0.2) is 8.42 Å². The van der Waals surface area contributed by atoms with Gasteiger partial charge in [0, 0.05) is 13.0 Å². The Labute approximate surface area is 180 Å². The number of carbonyl (C=O) groups excluding carboxylic acids is 1. The second-order valence-electron chi connectivity index (χ2n) is 9.36. The standard InChI is InChI=1S/C22H31NO5SSi/c1-22(2,3)30(5,6)28-18-14-20(21(24)27-4)23(15-18)29(25,26)19-12-11-16-9-7-8-10-17(16)13-19/h7-13,18,20H,14-15H2,1-6H3/t18-,20+/m1/s1. The summed E-state index contributed by atoms with van der Waals surface area (Å²) < 4.78 is 39.6. The molecule has 0 radical (unpaired) electrons. The molecule has 1 aliphatic rings. The fraction of sp³-hybridized carbons (Fsp3) is 0.500. The average molecular weight is 450 g/mol. The van der Waals surface area contributed by atoms with Crippen molar-refractivity contribution < 1.29 is 22.4 Å². The largest absolute Gasteiger partial charge is 0.468 e. The van der Waals surface area contributed by atoms with Gasteiger partial charge in [0.25, 0.3) is 0 Å². The van der Waals surface area contributed by atoms with Crippen molar-refractivity contribution in [2.75, 3.05) is 13.7 Å². The van der Waals surface area contributed by atoms with Crippen LogP contribution in [0.5, 0.6) is 0 Å². The van der Waals surface area contributed by atoms with E-state index in [1.54, 1.807) is 18.2 Å². The molecule has 1 saturated heterocycles. The van der Waals surface area contributed by atoms with E-state index in [1.807, 2.05) is 24.3 Å². The van der Waals surface area contributed by atoms with Crippen LogP contribution in [-0.4, -0.2) is 52.8 Å². The molecular formula is C22H31NO5SSi. The van der Waals surface area contributed by atoms with Crippen molar-refractivity contribution in [3.05, 3.63) is 42.5 Å². The highest BCUT2D eigenvalue weighted by Gasteiger charge is 2.48. The Morgan fingerprint density at radius 3 is 2.33 bits per heavy atom. The summed E-state index contributed by atoms with van der Waals surface area (Å²) in [6.07, 6.45) is -0.0448. The zero-order valence-electron chi connectivity index (χ0n) is 18.5. The lowest BCUT2D eigenvalue weighted by Gasteiger charge is -2.38. The van der Waals surface area contributed by atoms with E-state index in [0.717, 1.165) is 10.8 Å². The van der Waals surface area contributed by atoms with Gasteiger partial charge in [-0.05, 0) is 41.0 Å². The van der Waals surface area contributed by atoms with E-state index in [1.165, 1.54) is 11.4 Å². The van der Waals surface area contributed by atoms with Crippen LogP contribution in [0.4, 0.5) is 0 Å². The fourth-order valence-electron chi connectivity index (χ4n) is 3.53. The molecule has 0 saturated carbocycles. The lowest BCUT2D eigenvalue weighted by Crippen LogP contribution is -2.45. The molecule has 6 nitrogen and oxygen atoms in total. The van der Waals surface area contributed by atoms with Gasteiger partial charge in [0.15, 0.2) is 8.32 Å². The van der Waals surface area contributed by atoms with E-state index in [9.17, 15) is 13.2 Å². The number of ether oxygens (including phenoxy) is 1. The Morgan fingerprint density at radius 1 is 1.10 bits per heavy atom. The summed E-state index contributed by atoms with van der Waals surface area (Å²) in [7, 11) is -4.73. The third-order valence-corrected chi connectivity index (χ3v) is 12.7. The molecule has 0 spiro atoms. The van der Waals surface area contributed by atoms with Crippen LogP contribution in [0.2, 0.25) is 18.1 Å². The van der Waals surface area contributed by atoms with E-state index in [2.05, 4.69) is 33.9 Å². The number of fused-ring (bicyclic) bond motifs is 1. The van der Waals surface area contributed by atoms with Crippen LogP contribution in [0.3, 0.4) is 0 Å². The molecule has 0 N–H and O–H groups in total. The maximum absolute atomic E-state index is 13.5. The second kappa shape index (κ2) is 8.07. The van der Waals surface area contributed by atoms with Crippen molar-refractivity contribution in [2.45, 2.75) is 62.4 Å². The molecule has 30 heavy (non-hydrogen) atoms. The molecule has 0 aromatic heterocycles. The van der Waals surface area contributed by atoms with Crippen molar-refractivity contribution in [2.24, 2.45) is 0 Å². The lowest BCUT2D eigenvalue weighted by atomic mass is 10.1. The molecular weight excluding hydrogens is 418 g/mol. The summed E-state index contributed by atoms with van der Waals surface area (Å²) in [5, 5.41) is 1.78. The zero-order valence-corrected chi connectivity index (χ0v) is 20.3. The predicted molar refractivity (Wildman–Crippen MR) is 120 cm³/mol. The Bertz CT molecular complexity index is 1040. The first kappa shape index (κ1) is 22.9. The summed E-state index contributed by atoms with van der Waals surface area (Å²) >= 11 is 0. The van der Waals surface area contributed by atoms with Gasteiger partial charge in [-0.1, -0.05) is 51.1 Å². The molecule has 2 atom stereocenters. The number of rotatable bonds is 5. The van der Waals surface area contributed by atoms with Crippen molar-refractivity contribution in [1.29, 1.82) is 0 Å². The van der Waals surface area contributed by atoms with E-state index < -0.39 is 30.4 Å². The van der Waals surface area contributed by atoms with Crippen LogP contribution >= 0.6 is 0 Å². The van der Waals surface area contributed by atoms with Gasteiger partial charge in [-0.15, -0.1) is 0 Å². The summed E-state index contributed by atoms with van der Waals surface area (Å²) in [4.78, 5) is 12.6. The van der Waals surface area contributed by atoms with Gasteiger partial charge in [-0.3, -0.25) is 4.79 Å². The Balaban J connectivity index is 1.95. The fourth-order valence-corrected chi connectivity index (χ4v) is 6.54. The monoisotopic (exact) mass is 449 g/mol. The molecule has 2 aromatic carbocycles. The van der Waals surface area contributed by atoms with E-state index in [-0.39, 0.29) is 22.6 Å². The van der Waals surface area contributed by atoms with Crippen LogP contribution in [0.25, 0.3) is 10.8 Å². The minimum absolute atomic E-state index is 0.0155. The van der Waals surface area contributed by atoms with Crippen molar-refractivity contribution >= 4 is 35.1 Å². The first-order chi connectivity index (χ1) is 13.9. The highest BCUT2D eigenvalue weighted by molar-refractivity contribution is 7.89. The lowest BCUT2D eigenvalue weighted by molar-refractivity contribution is -0.144. The molecule has 164 valence electrons. The molecule has 1 aliphatic heterocycles. The Kier molecular flexibility index (Phi) is 6.17. The second-order valence-corrected chi connectivity index (χ2v) is 16.0. The summed E-state index contributed by atoms with van der Waals surface area (Å²) in [6.45, 7) is 10.8. The zero-order chi connectivity index (χ0) is 22.3. The number of nitrogens with zero attached hydrogens (tertiary/aromatic N) is 1. The number of sulfonamides is 1. The van der Waals surface area contributed by atoms with Crippen LogP contribution in [0.1, 0.15) is 27.2 Å². The molecule has 2 aromatic rings. The number of carbonyl (C=O) groups is 1. The molecule has 0 unspecified atom stereocenters. The van der Waals surface area contributed by atoms with Gasteiger partial charge in [0.2, 0.25) is 10.0 Å². The maximum Gasteiger partial charge on any atom is 0.324 e. The van der Waals surface area contributed by atoms with Crippen LogP contribution < -0.4 is 0 Å². The number of methoxy groups -OCH3 is 1. The number of esters is 1. The smallest absolute Gasteiger partial charge is 0.324 e. The molecule has 0 amide bonds. The third kappa shape index (κ3) is 4.32. The number of hydrogen-bond donors (Lipinski definition) is 0. The van der Waals surface area contributed by atoms with E-state index in [0.29, 0.717) is 6.42 Å². The van der Waals surface area contributed by atoms with Crippen LogP contribution in [-0.2, 0) is 24.0 Å². The highest BCUT2D eigenvalue weighted by atomic mass is 32.2. The normalized spacial score (nSPS) is 21.1. The molecule has 1 heterocycles. The number of benzene rings is 2. The Hall–Kier alpha value is -1.74. The molecule has 0 aliphatic carbocycles. The highest BCUT2D eigenvalue weighted by Crippen LogP contribution is 2.39. The summed E-state index contributed by atoms with van der Waals surface area (Å²) in [5.74, 6) is -0.555. The van der Waals surface area contributed by atoms with E-state index in [4.69, 9.17) is 9.16 Å². The molecule has 1 fully saturated rings. The topological polar surface area (TPSA) is 72.9 Å². The van der Waals surface area contributed by atoms with Crippen LogP contribution in [0.15, 0.2) is 47.4 Å². The minimum atomic E-state index is -3.89.